The van der Waals surface area contributed by atoms with Crippen LogP contribution in [-0.2, 0) is 4.79 Å². The number of carbonyl (C=O) groups excluding carboxylic acids is 1. The summed E-state index contributed by atoms with van der Waals surface area (Å²) in [5, 5.41) is 0.680. The summed E-state index contributed by atoms with van der Waals surface area (Å²) in [4.78, 5) is 12.0. The largest absolute Gasteiger partial charge is 0.482 e. The smallest absolute Gasteiger partial charge is 0.349 e. The predicted molar refractivity (Wildman–Crippen MR) is 109 cm³/mol. The lowest BCUT2D eigenvalue weighted by Crippen LogP contribution is -2.17. The van der Waals surface area contributed by atoms with E-state index in [1.54, 1.807) is 12.1 Å². The van der Waals surface area contributed by atoms with Gasteiger partial charge in [-0.25, -0.2) is 4.79 Å². The molecule has 0 radical (unpaired) electrons. The molecular weight excluding hydrogens is 360 g/mol. The van der Waals surface area contributed by atoms with Crippen molar-refractivity contribution in [3.8, 4) is 22.6 Å². The summed E-state index contributed by atoms with van der Waals surface area (Å²) in [5.41, 5.74) is 5.19. The monoisotopic (exact) mass is 380 g/mol. The van der Waals surface area contributed by atoms with Gasteiger partial charge >= 0.3 is 5.97 Å². The minimum Gasteiger partial charge on any atom is -0.482 e. The quantitative estimate of drug-likeness (QED) is 0.407. The molecule has 3 nitrogen and oxygen atoms in total. The van der Waals surface area contributed by atoms with Gasteiger partial charge in [0.2, 0.25) is 0 Å². The topological polar surface area (TPSA) is 35.5 Å². The Morgan fingerprint density at radius 3 is 1.89 bits per heavy atom. The number of esters is 1. The van der Waals surface area contributed by atoms with Gasteiger partial charge in [0.15, 0.2) is 6.61 Å². The fourth-order valence-corrected chi connectivity index (χ4v) is 2.87. The van der Waals surface area contributed by atoms with Crippen molar-refractivity contribution in [3.05, 3.63) is 82.4 Å². The summed E-state index contributed by atoms with van der Waals surface area (Å²) in [7, 11) is 0. The van der Waals surface area contributed by atoms with E-state index in [2.05, 4.69) is 31.2 Å². The molecule has 0 aliphatic heterocycles. The maximum atomic E-state index is 12.0. The van der Waals surface area contributed by atoms with Gasteiger partial charge in [0.25, 0.3) is 0 Å². The molecule has 0 saturated heterocycles. The third kappa shape index (κ3) is 4.89. The van der Waals surface area contributed by atoms with E-state index in [0.717, 1.165) is 22.3 Å². The van der Waals surface area contributed by atoms with Gasteiger partial charge < -0.3 is 9.47 Å². The summed E-state index contributed by atoms with van der Waals surface area (Å²) >= 11 is 6.13. The molecule has 138 valence electrons. The van der Waals surface area contributed by atoms with E-state index in [9.17, 15) is 4.79 Å². The van der Waals surface area contributed by atoms with Crippen molar-refractivity contribution in [3.63, 3.8) is 0 Å². The van der Waals surface area contributed by atoms with Crippen molar-refractivity contribution in [2.24, 2.45) is 0 Å². The number of benzene rings is 3. The van der Waals surface area contributed by atoms with E-state index in [-0.39, 0.29) is 6.61 Å². The van der Waals surface area contributed by atoms with E-state index in [1.165, 1.54) is 5.56 Å². The summed E-state index contributed by atoms with van der Waals surface area (Å²) in [6.45, 7) is 5.65. The Kier molecular flexibility index (Phi) is 5.82. The molecule has 0 bridgehead atoms. The van der Waals surface area contributed by atoms with Crippen LogP contribution in [0.5, 0.6) is 11.5 Å². The van der Waals surface area contributed by atoms with Gasteiger partial charge in [-0.3, -0.25) is 0 Å². The van der Waals surface area contributed by atoms with Gasteiger partial charge in [-0.05, 0) is 67.3 Å². The summed E-state index contributed by atoms with van der Waals surface area (Å²) in [5.74, 6) is 0.628. The van der Waals surface area contributed by atoms with Crippen LogP contribution in [-0.4, -0.2) is 12.6 Å². The van der Waals surface area contributed by atoms with Crippen molar-refractivity contribution in [2.45, 2.75) is 20.8 Å². The lowest BCUT2D eigenvalue weighted by Gasteiger charge is -2.10. The van der Waals surface area contributed by atoms with Crippen LogP contribution in [0.4, 0.5) is 0 Å². The number of hydrogen-bond acceptors (Lipinski definition) is 3. The Bertz CT molecular complexity index is 921. The molecule has 0 heterocycles. The average molecular weight is 381 g/mol. The zero-order valence-electron chi connectivity index (χ0n) is 15.6. The molecule has 0 aromatic heterocycles. The lowest BCUT2D eigenvalue weighted by molar-refractivity contribution is -0.136. The molecule has 0 atom stereocenters. The normalized spacial score (nSPS) is 10.5. The summed E-state index contributed by atoms with van der Waals surface area (Å²) < 4.78 is 10.9. The van der Waals surface area contributed by atoms with Gasteiger partial charge in [0.1, 0.15) is 11.5 Å². The van der Waals surface area contributed by atoms with E-state index in [0.29, 0.717) is 16.5 Å². The molecule has 0 amide bonds. The summed E-state index contributed by atoms with van der Waals surface area (Å²) in [6, 6.07) is 19.4. The molecule has 0 fully saturated rings. The lowest BCUT2D eigenvalue weighted by atomic mass is 10.0. The van der Waals surface area contributed by atoms with E-state index in [4.69, 9.17) is 21.1 Å². The van der Waals surface area contributed by atoms with Crippen LogP contribution >= 0.6 is 11.6 Å². The second-order valence-corrected chi connectivity index (χ2v) is 6.90. The van der Waals surface area contributed by atoms with Gasteiger partial charge in [0, 0.05) is 5.02 Å². The molecule has 0 aliphatic rings. The van der Waals surface area contributed by atoms with Gasteiger partial charge in [-0.2, -0.15) is 0 Å². The molecule has 0 aliphatic carbocycles. The maximum Gasteiger partial charge on any atom is 0.349 e. The molecule has 0 saturated carbocycles. The Labute approximate surface area is 164 Å². The number of carbonyl (C=O) groups is 1. The second kappa shape index (κ2) is 8.28. The number of aryl methyl sites for hydroxylation is 3. The van der Waals surface area contributed by atoms with Crippen LogP contribution < -0.4 is 9.47 Å². The highest BCUT2D eigenvalue weighted by Crippen LogP contribution is 2.26. The summed E-state index contributed by atoms with van der Waals surface area (Å²) in [6.07, 6.45) is 0. The van der Waals surface area contributed by atoms with Crippen LogP contribution in [0.25, 0.3) is 11.1 Å². The first-order valence-electron chi connectivity index (χ1n) is 8.70. The fourth-order valence-electron chi connectivity index (χ4n) is 2.76. The Balaban J connectivity index is 1.58. The number of ether oxygens (including phenoxy) is 2. The first-order valence-corrected chi connectivity index (χ1v) is 9.07. The Morgan fingerprint density at radius 2 is 1.33 bits per heavy atom. The van der Waals surface area contributed by atoms with E-state index >= 15 is 0 Å². The van der Waals surface area contributed by atoms with Crippen molar-refractivity contribution < 1.29 is 14.3 Å². The van der Waals surface area contributed by atoms with Crippen LogP contribution in [0.15, 0.2) is 60.7 Å². The van der Waals surface area contributed by atoms with Crippen molar-refractivity contribution in [1.29, 1.82) is 0 Å². The molecule has 3 rings (SSSR count). The molecular formula is C23H21ClO3. The van der Waals surface area contributed by atoms with Crippen LogP contribution in [0, 0.1) is 20.8 Å². The first kappa shape index (κ1) is 19.0. The third-order valence-electron chi connectivity index (χ3n) is 4.24. The average Bonchev–Trinajstić information content (AvgIpc) is 2.65. The van der Waals surface area contributed by atoms with E-state index < -0.39 is 5.97 Å². The zero-order chi connectivity index (χ0) is 19.4. The predicted octanol–water partition coefficient (Wildman–Crippen LogP) is 5.92. The SMILES string of the molecule is Cc1ccc(-c2ccc(OCC(=O)Oc3cc(C)c(Cl)c(C)c3)cc2)cc1. The molecule has 3 aromatic rings. The highest BCUT2D eigenvalue weighted by Gasteiger charge is 2.09. The maximum absolute atomic E-state index is 12.0. The highest BCUT2D eigenvalue weighted by molar-refractivity contribution is 6.32. The van der Waals surface area contributed by atoms with Crippen LogP contribution in [0.2, 0.25) is 5.02 Å². The first-order chi connectivity index (χ1) is 12.9. The number of halogens is 1. The Morgan fingerprint density at radius 1 is 0.815 bits per heavy atom. The Hall–Kier alpha value is -2.78. The standard InChI is InChI=1S/C23H21ClO3/c1-15-4-6-18(7-5-15)19-8-10-20(11-9-19)26-14-22(25)27-21-12-16(2)23(24)17(3)13-21/h4-13H,14H2,1-3H3. The van der Waals surface area contributed by atoms with E-state index in [1.807, 2.05) is 38.1 Å². The molecule has 4 heteroatoms. The molecule has 27 heavy (non-hydrogen) atoms. The molecule has 0 spiro atoms. The van der Waals surface area contributed by atoms with Crippen molar-refractivity contribution >= 4 is 17.6 Å². The second-order valence-electron chi connectivity index (χ2n) is 6.52. The van der Waals surface area contributed by atoms with Crippen molar-refractivity contribution in [2.75, 3.05) is 6.61 Å². The molecule has 0 unspecified atom stereocenters. The van der Waals surface area contributed by atoms with Gasteiger partial charge in [-0.15, -0.1) is 0 Å². The van der Waals surface area contributed by atoms with Gasteiger partial charge in [0.05, 0.1) is 0 Å². The highest BCUT2D eigenvalue weighted by atomic mass is 35.5. The third-order valence-corrected chi connectivity index (χ3v) is 4.83. The minimum atomic E-state index is -0.460. The molecule has 3 aromatic carbocycles. The van der Waals surface area contributed by atoms with Crippen LogP contribution in [0.3, 0.4) is 0 Å². The zero-order valence-corrected chi connectivity index (χ0v) is 16.3. The molecule has 0 N–H and O–H groups in total. The van der Waals surface area contributed by atoms with Gasteiger partial charge in [-0.1, -0.05) is 53.6 Å². The fraction of sp³-hybridized carbons (Fsp3) is 0.174. The number of rotatable bonds is 5. The number of hydrogen-bond donors (Lipinski definition) is 0. The van der Waals surface area contributed by atoms with Crippen LogP contribution in [0.1, 0.15) is 16.7 Å². The van der Waals surface area contributed by atoms with Crippen molar-refractivity contribution in [1.82, 2.24) is 0 Å². The minimum absolute atomic E-state index is 0.162.